The lowest BCUT2D eigenvalue weighted by Crippen LogP contribution is -2.50. The Morgan fingerprint density at radius 1 is 1.62 bits per heavy atom. The minimum Gasteiger partial charge on any atom is -0.480 e. The van der Waals surface area contributed by atoms with Crippen molar-refractivity contribution in [3.8, 4) is 12.3 Å². The summed E-state index contributed by atoms with van der Waals surface area (Å²) in [7, 11) is 0. The van der Waals surface area contributed by atoms with Gasteiger partial charge in [-0.15, -0.1) is 12.3 Å². The predicted octanol–water partition coefficient (Wildman–Crippen LogP) is 0.967. The molecule has 2 atom stereocenters. The summed E-state index contributed by atoms with van der Waals surface area (Å²) in [5.74, 6) is 1.22. The lowest BCUT2D eigenvalue weighted by atomic mass is 9.85. The molecule has 0 aromatic rings. The van der Waals surface area contributed by atoms with Crippen LogP contribution in [0.4, 0.5) is 0 Å². The maximum absolute atomic E-state index is 11.7. The highest BCUT2D eigenvalue weighted by Crippen LogP contribution is 2.29. The molecule has 1 rings (SSSR count). The number of amides is 1. The first kappa shape index (κ1) is 12.6. The summed E-state index contributed by atoms with van der Waals surface area (Å²) in [5.41, 5.74) is -0.495. The summed E-state index contributed by atoms with van der Waals surface area (Å²) >= 11 is 0. The Morgan fingerprint density at radius 2 is 2.19 bits per heavy atom. The van der Waals surface area contributed by atoms with Crippen LogP contribution in [0.25, 0.3) is 0 Å². The Bertz CT molecular complexity index is 348. The van der Waals surface area contributed by atoms with Crippen molar-refractivity contribution in [3.05, 3.63) is 0 Å². The van der Waals surface area contributed by atoms with Gasteiger partial charge in [0.1, 0.15) is 6.04 Å². The molecule has 0 spiro atoms. The van der Waals surface area contributed by atoms with E-state index < -0.39 is 17.4 Å². The van der Waals surface area contributed by atoms with E-state index in [4.69, 9.17) is 6.42 Å². The largest absolute Gasteiger partial charge is 0.480 e. The number of carboxylic acids is 1. The molecule has 1 amide bonds. The van der Waals surface area contributed by atoms with Gasteiger partial charge < -0.3 is 10.0 Å². The molecule has 0 aromatic heterocycles. The second-order valence-electron chi connectivity index (χ2n) is 5.22. The van der Waals surface area contributed by atoms with Gasteiger partial charge in [0.15, 0.2) is 0 Å². The first-order chi connectivity index (χ1) is 7.27. The zero-order valence-electron chi connectivity index (χ0n) is 9.86. The third kappa shape index (κ3) is 2.35. The Hall–Kier alpha value is -1.50. The van der Waals surface area contributed by atoms with Gasteiger partial charge >= 0.3 is 5.97 Å². The average molecular weight is 223 g/mol. The quantitative estimate of drug-likeness (QED) is 0.710. The van der Waals surface area contributed by atoms with E-state index in [-0.39, 0.29) is 18.2 Å². The highest BCUT2D eigenvalue weighted by atomic mass is 16.4. The average Bonchev–Trinajstić information content (AvgIpc) is 2.44. The third-order valence-corrected chi connectivity index (χ3v) is 2.76. The van der Waals surface area contributed by atoms with E-state index in [2.05, 4.69) is 5.92 Å². The minimum absolute atomic E-state index is 0.156. The fourth-order valence-electron chi connectivity index (χ4n) is 2.06. The number of nitrogens with zero attached hydrogens (tertiary/aromatic N) is 1. The fourth-order valence-corrected chi connectivity index (χ4v) is 2.06. The molecule has 0 aliphatic carbocycles. The highest BCUT2D eigenvalue weighted by Gasteiger charge is 2.43. The zero-order valence-corrected chi connectivity index (χ0v) is 9.86. The van der Waals surface area contributed by atoms with Crippen LogP contribution >= 0.6 is 0 Å². The van der Waals surface area contributed by atoms with Gasteiger partial charge in [-0.25, -0.2) is 4.79 Å². The zero-order chi connectivity index (χ0) is 12.5. The molecule has 88 valence electrons. The Morgan fingerprint density at radius 3 is 2.50 bits per heavy atom. The van der Waals surface area contributed by atoms with Crippen molar-refractivity contribution >= 4 is 11.9 Å². The van der Waals surface area contributed by atoms with E-state index in [9.17, 15) is 14.7 Å². The summed E-state index contributed by atoms with van der Waals surface area (Å²) in [6.45, 7) is 5.77. The Labute approximate surface area is 95.6 Å². The molecular weight excluding hydrogens is 206 g/mol. The van der Waals surface area contributed by atoms with Crippen molar-refractivity contribution < 1.29 is 14.7 Å². The molecule has 0 bridgehead atoms. The second kappa shape index (κ2) is 4.17. The summed E-state index contributed by atoms with van der Waals surface area (Å²) in [5, 5.41) is 9.20. The predicted molar refractivity (Wildman–Crippen MR) is 59.5 cm³/mol. The van der Waals surface area contributed by atoms with Crippen molar-refractivity contribution in [1.82, 2.24) is 4.90 Å². The molecule has 0 saturated carbocycles. The molecule has 1 N–H and O–H groups in total. The van der Waals surface area contributed by atoms with Crippen molar-refractivity contribution in [2.45, 2.75) is 33.2 Å². The summed E-state index contributed by atoms with van der Waals surface area (Å²) in [6.07, 6.45) is 5.53. The lowest BCUT2D eigenvalue weighted by molar-refractivity contribution is -0.153. The lowest BCUT2D eigenvalue weighted by Gasteiger charge is -2.34. The SMILES string of the molecule is C#CC1CC(=O)N(C(C(=O)O)C(C)(C)C)C1. The van der Waals surface area contributed by atoms with Crippen LogP contribution in [-0.2, 0) is 9.59 Å². The number of carbonyl (C=O) groups excluding carboxylic acids is 1. The molecule has 0 radical (unpaired) electrons. The number of carbonyl (C=O) groups is 2. The number of hydrogen-bond donors (Lipinski definition) is 1. The van der Waals surface area contributed by atoms with Crippen molar-refractivity contribution in [3.63, 3.8) is 0 Å². The van der Waals surface area contributed by atoms with Crippen LogP contribution in [0.2, 0.25) is 0 Å². The first-order valence-corrected chi connectivity index (χ1v) is 5.25. The van der Waals surface area contributed by atoms with E-state index in [1.807, 2.05) is 20.8 Å². The Balaban J connectivity index is 2.94. The van der Waals surface area contributed by atoms with Crippen LogP contribution in [0.3, 0.4) is 0 Å². The molecule has 2 unspecified atom stereocenters. The topological polar surface area (TPSA) is 57.6 Å². The van der Waals surface area contributed by atoms with Crippen LogP contribution in [0.1, 0.15) is 27.2 Å². The number of likely N-dealkylation sites (tertiary alicyclic amines) is 1. The fraction of sp³-hybridized carbons (Fsp3) is 0.667. The number of hydrogen-bond acceptors (Lipinski definition) is 2. The number of terminal acetylenes is 1. The van der Waals surface area contributed by atoms with Crippen molar-refractivity contribution in [2.24, 2.45) is 11.3 Å². The number of aliphatic carboxylic acids is 1. The normalized spacial score (nSPS) is 23.0. The smallest absolute Gasteiger partial charge is 0.326 e. The molecular formula is C12H17NO3. The second-order valence-corrected chi connectivity index (χ2v) is 5.22. The highest BCUT2D eigenvalue weighted by molar-refractivity contribution is 5.86. The maximum Gasteiger partial charge on any atom is 0.326 e. The van der Waals surface area contributed by atoms with Gasteiger partial charge in [-0.3, -0.25) is 4.79 Å². The van der Waals surface area contributed by atoms with Gasteiger partial charge in [0.05, 0.1) is 0 Å². The van der Waals surface area contributed by atoms with Crippen LogP contribution in [0.15, 0.2) is 0 Å². The van der Waals surface area contributed by atoms with E-state index in [1.165, 1.54) is 4.90 Å². The third-order valence-electron chi connectivity index (χ3n) is 2.76. The van der Waals surface area contributed by atoms with Gasteiger partial charge in [0, 0.05) is 18.9 Å². The van der Waals surface area contributed by atoms with Crippen molar-refractivity contribution in [2.75, 3.05) is 6.54 Å². The molecule has 1 saturated heterocycles. The molecule has 4 nitrogen and oxygen atoms in total. The van der Waals surface area contributed by atoms with E-state index >= 15 is 0 Å². The monoisotopic (exact) mass is 223 g/mol. The molecule has 1 aliphatic heterocycles. The van der Waals surface area contributed by atoms with Crippen LogP contribution in [0.5, 0.6) is 0 Å². The Kier molecular flexibility index (Phi) is 3.27. The number of carboxylic acid groups (broad SMARTS) is 1. The summed E-state index contributed by atoms with van der Waals surface area (Å²) in [4.78, 5) is 24.3. The molecule has 4 heteroatoms. The molecule has 1 heterocycles. The van der Waals surface area contributed by atoms with Gasteiger partial charge in [-0.05, 0) is 5.41 Å². The van der Waals surface area contributed by atoms with E-state index in [0.717, 1.165) is 0 Å². The van der Waals surface area contributed by atoms with E-state index in [0.29, 0.717) is 6.54 Å². The molecule has 0 aromatic carbocycles. The molecule has 1 aliphatic rings. The number of rotatable bonds is 2. The summed E-state index contributed by atoms with van der Waals surface area (Å²) in [6, 6.07) is -0.807. The van der Waals surface area contributed by atoms with Crippen LogP contribution in [0, 0.1) is 23.7 Å². The minimum atomic E-state index is -0.974. The van der Waals surface area contributed by atoms with Crippen LogP contribution in [-0.4, -0.2) is 34.5 Å². The van der Waals surface area contributed by atoms with E-state index in [1.54, 1.807) is 0 Å². The summed E-state index contributed by atoms with van der Waals surface area (Å²) < 4.78 is 0. The van der Waals surface area contributed by atoms with Gasteiger partial charge in [0.25, 0.3) is 0 Å². The standard InChI is InChI=1S/C12H17NO3/c1-5-8-6-9(14)13(7-8)10(11(15)16)12(2,3)4/h1,8,10H,6-7H2,2-4H3,(H,15,16). The molecule has 1 fully saturated rings. The molecule has 16 heavy (non-hydrogen) atoms. The maximum atomic E-state index is 11.7. The first-order valence-electron chi connectivity index (χ1n) is 5.25. The van der Waals surface area contributed by atoms with Crippen molar-refractivity contribution in [1.29, 1.82) is 0 Å². The van der Waals surface area contributed by atoms with Gasteiger partial charge in [0.2, 0.25) is 5.91 Å². The van der Waals surface area contributed by atoms with Gasteiger partial charge in [-0.2, -0.15) is 0 Å². The van der Waals surface area contributed by atoms with Gasteiger partial charge in [-0.1, -0.05) is 20.8 Å². The van der Waals surface area contributed by atoms with Crippen LogP contribution < -0.4 is 0 Å².